The lowest BCUT2D eigenvalue weighted by atomic mass is 10.1. The van der Waals surface area contributed by atoms with Crippen molar-refractivity contribution >= 4 is 17.3 Å². The Bertz CT molecular complexity index is 339. The molecule has 1 aromatic rings. The van der Waals surface area contributed by atoms with E-state index in [0.29, 0.717) is 22.7 Å². The number of benzene rings is 1. The van der Waals surface area contributed by atoms with Gasteiger partial charge in [-0.25, -0.2) is 0 Å². The summed E-state index contributed by atoms with van der Waals surface area (Å²) in [5.41, 5.74) is 1.04. The first-order valence-corrected chi connectivity index (χ1v) is 6.00. The summed E-state index contributed by atoms with van der Waals surface area (Å²) in [7, 11) is 1.62. The van der Waals surface area contributed by atoms with E-state index in [1.165, 1.54) is 0 Å². The Morgan fingerprint density at radius 1 is 1.31 bits per heavy atom. The molecule has 3 heteroatoms. The van der Waals surface area contributed by atoms with Gasteiger partial charge in [0, 0.05) is 11.7 Å². The number of nitrogens with one attached hydrogen (secondary N) is 1. The van der Waals surface area contributed by atoms with Gasteiger partial charge in [0.1, 0.15) is 5.75 Å². The zero-order valence-corrected chi connectivity index (χ0v) is 11.1. The smallest absolute Gasteiger partial charge is 0.137 e. The van der Waals surface area contributed by atoms with E-state index in [1.54, 1.807) is 7.11 Å². The predicted molar refractivity (Wildman–Crippen MR) is 70.5 cm³/mol. The molecule has 1 N–H and O–H groups in total. The highest BCUT2D eigenvalue weighted by Crippen LogP contribution is 2.27. The molecule has 0 amide bonds. The number of methoxy groups -OCH3 is 1. The van der Waals surface area contributed by atoms with E-state index in [1.807, 2.05) is 18.2 Å². The van der Waals surface area contributed by atoms with Crippen LogP contribution in [0.15, 0.2) is 18.2 Å². The van der Waals surface area contributed by atoms with Crippen molar-refractivity contribution in [2.75, 3.05) is 12.4 Å². The van der Waals surface area contributed by atoms with E-state index in [9.17, 15) is 0 Å². The van der Waals surface area contributed by atoms with Crippen molar-refractivity contribution in [3.05, 3.63) is 23.2 Å². The van der Waals surface area contributed by atoms with Gasteiger partial charge in [-0.15, -0.1) is 0 Å². The van der Waals surface area contributed by atoms with Gasteiger partial charge in [-0.1, -0.05) is 25.4 Å². The van der Waals surface area contributed by atoms with E-state index in [-0.39, 0.29) is 0 Å². The fourth-order valence-electron chi connectivity index (χ4n) is 1.81. The van der Waals surface area contributed by atoms with Crippen molar-refractivity contribution in [1.29, 1.82) is 0 Å². The summed E-state index contributed by atoms with van der Waals surface area (Å²) >= 11 is 6.05. The minimum absolute atomic E-state index is 0.449. The lowest BCUT2D eigenvalue weighted by Crippen LogP contribution is -2.17. The Morgan fingerprint density at radius 3 is 2.50 bits per heavy atom. The predicted octanol–water partition coefficient (Wildman–Crippen LogP) is 4.20. The molecule has 0 aliphatic heterocycles. The number of ether oxygens (including phenoxy) is 1. The van der Waals surface area contributed by atoms with Gasteiger partial charge in [-0.3, -0.25) is 0 Å². The number of hydrogen-bond donors (Lipinski definition) is 1. The van der Waals surface area contributed by atoms with Crippen LogP contribution in [-0.2, 0) is 0 Å². The lowest BCUT2D eigenvalue weighted by Gasteiger charge is -2.17. The molecule has 1 aromatic carbocycles. The summed E-state index contributed by atoms with van der Waals surface area (Å²) in [6.45, 7) is 6.62. The summed E-state index contributed by atoms with van der Waals surface area (Å²) in [6, 6.07) is 6.22. The molecule has 0 aromatic heterocycles. The molecule has 1 unspecified atom stereocenters. The minimum atomic E-state index is 0.449. The Labute approximate surface area is 103 Å². The fourth-order valence-corrected chi connectivity index (χ4v) is 2.06. The van der Waals surface area contributed by atoms with Gasteiger partial charge >= 0.3 is 0 Å². The second-order valence-electron chi connectivity index (χ2n) is 4.52. The number of halogens is 1. The highest BCUT2D eigenvalue weighted by Gasteiger charge is 2.06. The van der Waals surface area contributed by atoms with Crippen molar-refractivity contribution < 1.29 is 4.74 Å². The van der Waals surface area contributed by atoms with Crippen molar-refractivity contribution in [1.82, 2.24) is 0 Å². The van der Waals surface area contributed by atoms with Crippen molar-refractivity contribution in [2.24, 2.45) is 5.92 Å². The van der Waals surface area contributed by atoms with Crippen LogP contribution in [0.2, 0.25) is 5.02 Å². The molecule has 0 aliphatic carbocycles. The summed E-state index contributed by atoms with van der Waals surface area (Å²) in [6.07, 6.45) is 1.14. The maximum Gasteiger partial charge on any atom is 0.137 e. The van der Waals surface area contributed by atoms with Gasteiger partial charge in [-0.05, 0) is 37.5 Å². The van der Waals surface area contributed by atoms with Crippen LogP contribution in [0.3, 0.4) is 0 Å². The molecule has 1 rings (SSSR count). The largest absolute Gasteiger partial charge is 0.495 e. The average Bonchev–Trinajstić information content (AvgIpc) is 2.16. The van der Waals surface area contributed by atoms with Crippen LogP contribution in [0.5, 0.6) is 5.75 Å². The third-order valence-electron chi connectivity index (χ3n) is 2.39. The van der Waals surface area contributed by atoms with Crippen molar-refractivity contribution in [3.63, 3.8) is 0 Å². The molecule has 2 nitrogen and oxygen atoms in total. The fraction of sp³-hybridized carbons (Fsp3) is 0.538. The first kappa shape index (κ1) is 13.2. The third kappa shape index (κ3) is 3.93. The van der Waals surface area contributed by atoms with Gasteiger partial charge in [0.15, 0.2) is 0 Å². The van der Waals surface area contributed by atoms with E-state index in [2.05, 4.69) is 26.1 Å². The van der Waals surface area contributed by atoms with Gasteiger partial charge < -0.3 is 10.1 Å². The van der Waals surface area contributed by atoms with E-state index in [4.69, 9.17) is 16.3 Å². The van der Waals surface area contributed by atoms with Gasteiger partial charge in [0.25, 0.3) is 0 Å². The zero-order chi connectivity index (χ0) is 12.1. The average molecular weight is 242 g/mol. The molecule has 0 heterocycles. The number of rotatable bonds is 5. The van der Waals surface area contributed by atoms with Crippen molar-refractivity contribution in [3.8, 4) is 5.75 Å². The van der Waals surface area contributed by atoms with Gasteiger partial charge in [0.05, 0.1) is 12.1 Å². The molecule has 16 heavy (non-hydrogen) atoms. The monoisotopic (exact) mass is 241 g/mol. The summed E-state index contributed by atoms with van der Waals surface area (Å²) in [4.78, 5) is 0. The maximum absolute atomic E-state index is 6.05. The number of hydrogen-bond acceptors (Lipinski definition) is 2. The zero-order valence-electron chi connectivity index (χ0n) is 10.4. The molecular weight excluding hydrogens is 222 g/mol. The molecule has 90 valence electrons. The molecule has 1 atom stereocenters. The molecule has 0 spiro atoms. The number of anilines is 1. The van der Waals surface area contributed by atoms with Crippen molar-refractivity contribution in [2.45, 2.75) is 33.2 Å². The third-order valence-corrected chi connectivity index (χ3v) is 2.69. The second kappa shape index (κ2) is 6.00. The molecule has 0 radical (unpaired) electrons. The standard InChI is InChI=1S/C13H20ClNO/c1-9(2)7-10(3)15-11-5-6-13(16-4)12(14)8-11/h5-6,8-10,15H,7H2,1-4H3. The van der Waals surface area contributed by atoms with Crippen LogP contribution in [0.25, 0.3) is 0 Å². The van der Waals surface area contributed by atoms with Crippen LogP contribution in [0, 0.1) is 5.92 Å². The molecule has 0 saturated heterocycles. The normalized spacial score (nSPS) is 12.6. The topological polar surface area (TPSA) is 21.3 Å². The molecule has 0 saturated carbocycles. The first-order valence-electron chi connectivity index (χ1n) is 5.63. The summed E-state index contributed by atoms with van der Waals surface area (Å²) < 4.78 is 5.11. The SMILES string of the molecule is COc1ccc(NC(C)CC(C)C)cc1Cl. The van der Waals surface area contributed by atoms with E-state index >= 15 is 0 Å². The van der Waals surface area contributed by atoms with Crippen LogP contribution in [-0.4, -0.2) is 13.2 Å². The van der Waals surface area contributed by atoms with Crippen LogP contribution < -0.4 is 10.1 Å². The Hall–Kier alpha value is -0.890. The highest BCUT2D eigenvalue weighted by molar-refractivity contribution is 6.32. The van der Waals surface area contributed by atoms with Crippen LogP contribution in [0.4, 0.5) is 5.69 Å². The molecule has 0 bridgehead atoms. The summed E-state index contributed by atoms with van der Waals surface area (Å²) in [5, 5.41) is 4.07. The lowest BCUT2D eigenvalue weighted by molar-refractivity contribution is 0.415. The summed E-state index contributed by atoms with van der Waals surface area (Å²) in [5.74, 6) is 1.40. The highest BCUT2D eigenvalue weighted by atomic mass is 35.5. The van der Waals surface area contributed by atoms with Gasteiger partial charge in [-0.2, -0.15) is 0 Å². The maximum atomic E-state index is 6.05. The minimum Gasteiger partial charge on any atom is -0.495 e. The Kier molecular flexibility index (Phi) is 4.94. The molecule has 0 aliphatic rings. The van der Waals surface area contributed by atoms with E-state index in [0.717, 1.165) is 12.1 Å². The van der Waals surface area contributed by atoms with Crippen LogP contribution >= 0.6 is 11.6 Å². The van der Waals surface area contributed by atoms with Crippen LogP contribution in [0.1, 0.15) is 27.2 Å². The molecule has 0 fully saturated rings. The quantitative estimate of drug-likeness (QED) is 0.835. The van der Waals surface area contributed by atoms with E-state index < -0.39 is 0 Å². The molecular formula is C13H20ClNO. The van der Waals surface area contributed by atoms with Gasteiger partial charge in [0.2, 0.25) is 0 Å². The Balaban J connectivity index is 2.64. The first-order chi connectivity index (χ1) is 7.52. The Morgan fingerprint density at radius 2 is 2.00 bits per heavy atom. The second-order valence-corrected chi connectivity index (χ2v) is 4.93.